The van der Waals surface area contributed by atoms with E-state index in [9.17, 15) is 4.79 Å². The van der Waals surface area contributed by atoms with E-state index in [0.717, 1.165) is 35.6 Å². The van der Waals surface area contributed by atoms with Crippen molar-refractivity contribution in [3.63, 3.8) is 0 Å². The molecule has 0 aromatic heterocycles. The van der Waals surface area contributed by atoms with Crippen molar-refractivity contribution in [1.82, 2.24) is 5.32 Å². The van der Waals surface area contributed by atoms with Crippen LogP contribution in [-0.2, 0) is 11.4 Å². The van der Waals surface area contributed by atoms with Crippen molar-refractivity contribution < 1.29 is 14.3 Å². The fourth-order valence-electron chi connectivity index (χ4n) is 3.71. The van der Waals surface area contributed by atoms with Crippen molar-refractivity contribution in [2.45, 2.75) is 20.5 Å². The number of nitrogens with zero attached hydrogens (tertiary/aromatic N) is 2. The molecular weight excluding hydrogens is 494 g/mol. The van der Waals surface area contributed by atoms with Crippen LogP contribution in [0.25, 0.3) is 6.08 Å². The number of anilines is 1. The summed E-state index contributed by atoms with van der Waals surface area (Å²) in [6.07, 6.45) is 1.82. The van der Waals surface area contributed by atoms with E-state index in [-0.39, 0.29) is 5.91 Å². The summed E-state index contributed by atoms with van der Waals surface area (Å²) in [5.41, 5.74) is 3.77. The van der Waals surface area contributed by atoms with Crippen LogP contribution in [0.5, 0.6) is 11.5 Å². The second-order valence-corrected chi connectivity index (χ2v) is 9.46. The molecule has 4 rings (SSSR count). The first kappa shape index (κ1) is 25.7. The average Bonchev–Trinajstić information content (AvgIpc) is 3.23. The number of benzene rings is 3. The minimum atomic E-state index is -0.180. The molecule has 0 bridgehead atoms. The number of ether oxygens (including phenoxy) is 2. The third kappa shape index (κ3) is 6.42. The van der Waals surface area contributed by atoms with E-state index < -0.39 is 0 Å². The van der Waals surface area contributed by atoms with Crippen LogP contribution in [0.2, 0.25) is 5.02 Å². The van der Waals surface area contributed by atoms with Crippen LogP contribution in [-0.4, -0.2) is 31.3 Å². The van der Waals surface area contributed by atoms with Gasteiger partial charge in [0.2, 0.25) is 0 Å². The molecule has 1 saturated heterocycles. The first-order chi connectivity index (χ1) is 17.5. The molecule has 0 unspecified atom stereocenters. The highest BCUT2D eigenvalue weighted by Gasteiger charge is 2.24. The Hall–Kier alpha value is -3.42. The number of carbonyl (C=O) groups excluding carboxylic acids is 1. The molecule has 1 amide bonds. The SMILES string of the molecule is CCN(CC)c1ccc(N=C2NC(=O)/C(=C/c3ccc(OCc4ccc(Cl)cc4)c(OC)c3)S2)cc1. The summed E-state index contributed by atoms with van der Waals surface area (Å²) in [5, 5.41) is 4.08. The third-order valence-electron chi connectivity index (χ3n) is 5.65. The van der Waals surface area contributed by atoms with Crippen LogP contribution in [0.4, 0.5) is 11.4 Å². The molecule has 1 N–H and O–H groups in total. The molecule has 0 atom stereocenters. The van der Waals surface area contributed by atoms with Gasteiger partial charge in [0.15, 0.2) is 16.7 Å². The maximum Gasteiger partial charge on any atom is 0.264 e. The Morgan fingerprint density at radius 3 is 2.39 bits per heavy atom. The lowest BCUT2D eigenvalue weighted by molar-refractivity contribution is -0.115. The van der Waals surface area contributed by atoms with Gasteiger partial charge in [-0.3, -0.25) is 4.79 Å². The zero-order chi connectivity index (χ0) is 25.5. The number of hydrogen-bond acceptors (Lipinski definition) is 6. The number of nitrogens with one attached hydrogen (secondary N) is 1. The molecule has 186 valence electrons. The number of carbonyl (C=O) groups is 1. The van der Waals surface area contributed by atoms with E-state index in [4.69, 9.17) is 21.1 Å². The summed E-state index contributed by atoms with van der Waals surface area (Å²) < 4.78 is 11.4. The maximum absolute atomic E-state index is 12.6. The minimum Gasteiger partial charge on any atom is -0.493 e. The summed E-state index contributed by atoms with van der Waals surface area (Å²) in [7, 11) is 1.59. The molecule has 0 spiro atoms. The van der Waals surface area contributed by atoms with E-state index in [1.54, 1.807) is 7.11 Å². The number of amides is 1. The summed E-state index contributed by atoms with van der Waals surface area (Å²) in [4.78, 5) is 20.0. The highest BCUT2D eigenvalue weighted by Crippen LogP contribution is 2.33. The van der Waals surface area contributed by atoms with Crippen LogP contribution in [0.1, 0.15) is 25.0 Å². The Balaban J connectivity index is 1.44. The predicted molar refractivity (Wildman–Crippen MR) is 150 cm³/mol. The van der Waals surface area contributed by atoms with Crippen LogP contribution >= 0.6 is 23.4 Å². The number of rotatable bonds is 9. The molecule has 1 heterocycles. The number of halogens is 1. The third-order valence-corrected chi connectivity index (χ3v) is 6.81. The number of hydrogen-bond donors (Lipinski definition) is 1. The van der Waals surface area contributed by atoms with E-state index in [1.165, 1.54) is 11.8 Å². The van der Waals surface area contributed by atoms with Crippen molar-refractivity contribution in [2.75, 3.05) is 25.1 Å². The van der Waals surface area contributed by atoms with Crippen LogP contribution < -0.4 is 19.7 Å². The number of thioether (sulfide) groups is 1. The largest absolute Gasteiger partial charge is 0.493 e. The molecule has 0 aliphatic carbocycles. The Morgan fingerprint density at radius 2 is 1.72 bits per heavy atom. The Morgan fingerprint density at radius 1 is 1.00 bits per heavy atom. The molecule has 0 radical (unpaired) electrons. The van der Waals surface area contributed by atoms with Gasteiger partial charge in [0, 0.05) is 23.8 Å². The van der Waals surface area contributed by atoms with Gasteiger partial charge in [-0.1, -0.05) is 29.8 Å². The van der Waals surface area contributed by atoms with Gasteiger partial charge in [0.05, 0.1) is 17.7 Å². The van der Waals surface area contributed by atoms with Crippen molar-refractivity contribution in [3.05, 3.63) is 87.8 Å². The monoisotopic (exact) mass is 521 g/mol. The highest BCUT2D eigenvalue weighted by molar-refractivity contribution is 8.18. The molecule has 1 fully saturated rings. The van der Waals surface area contributed by atoms with E-state index >= 15 is 0 Å². The molecule has 3 aromatic carbocycles. The highest BCUT2D eigenvalue weighted by atomic mass is 35.5. The fraction of sp³-hybridized carbons (Fsp3) is 0.214. The first-order valence-electron chi connectivity index (χ1n) is 11.7. The molecule has 36 heavy (non-hydrogen) atoms. The second-order valence-electron chi connectivity index (χ2n) is 8.00. The van der Waals surface area contributed by atoms with Gasteiger partial charge < -0.3 is 19.7 Å². The van der Waals surface area contributed by atoms with E-state index in [1.807, 2.05) is 72.8 Å². The van der Waals surface area contributed by atoms with Crippen LogP contribution in [0.3, 0.4) is 0 Å². The number of aliphatic imine (C=N–C) groups is 1. The van der Waals surface area contributed by atoms with Crippen LogP contribution in [0.15, 0.2) is 76.6 Å². The van der Waals surface area contributed by atoms with E-state index in [0.29, 0.717) is 33.2 Å². The zero-order valence-corrected chi connectivity index (χ0v) is 22.0. The maximum atomic E-state index is 12.6. The van der Waals surface area contributed by atoms with Crippen LogP contribution in [0, 0.1) is 0 Å². The molecule has 1 aliphatic heterocycles. The molecule has 1 aliphatic rings. The van der Waals surface area contributed by atoms with Gasteiger partial charge in [-0.15, -0.1) is 0 Å². The summed E-state index contributed by atoms with van der Waals surface area (Å²) >= 11 is 7.26. The second kappa shape index (κ2) is 12.0. The topological polar surface area (TPSA) is 63.2 Å². The standard InChI is InChI=1S/C28H28ClN3O3S/c1-4-32(5-2)23-13-11-22(12-14-23)30-28-31-27(33)26(36-28)17-20-8-15-24(25(16-20)34-3)35-18-19-6-9-21(29)10-7-19/h6-17H,4-5,18H2,1-3H3,(H,30,31,33)/b26-17-. The predicted octanol–water partition coefficient (Wildman–Crippen LogP) is 6.67. The first-order valence-corrected chi connectivity index (χ1v) is 12.9. The van der Waals surface area contributed by atoms with Gasteiger partial charge in [0.25, 0.3) is 5.91 Å². The Labute approximate surface area is 221 Å². The summed E-state index contributed by atoms with van der Waals surface area (Å²) in [6, 6.07) is 21.1. The normalized spacial score (nSPS) is 15.3. The minimum absolute atomic E-state index is 0.180. The average molecular weight is 522 g/mol. The van der Waals surface area contributed by atoms with Crippen molar-refractivity contribution in [2.24, 2.45) is 4.99 Å². The van der Waals surface area contributed by atoms with Gasteiger partial charge >= 0.3 is 0 Å². The number of methoxy groups -OCH3 is 1. The van der Waals surface area contributed by atoms with Crippen molar-refractivity contribution in [1.29, 1.82) is 0 Å². The van der Waals surface area contributed by atoms with Gasteiger partial charge in [-0.25, -0.2) is 4.99 Å². The lowest BCUT2D eigenvalue weighted by atomic mass is 10.2. The lowest BCUT2D eigenvalue weighted by Crippen LogP contribution is -2.21. The van der Waals surface area contributed by atoms with Crippen molar-refractivity contribution in [3.8, 4) is 11.5 Å². The van der Waals surface area contributed by atoms with Gasteiger partial charge in [0.1, 0.15) is 6.61 Å². The number of amidine groups is 1. The summed E-state index contributed by atoms with van der Waals surface area (Å²) in [5.74, 6) is 1.03. The quantitative estimate of drug-likeness (QED) is 0.319. The Bertz CT molecular complexity index is 1270. The molecule has 8 heteroatoms. The molecule has 3 aromatic rings. The van der Waals surface area contributed by atoms with Gasteiger partial charge in [-0.05, 0) is 91.3 Å². The lowest BCUT2D eigenvalue weighted by Gasteiger charge is -2.20. The molecule has 0 saturated carbocycles. The zero-order valence-electron chi connectivity index (χ0n) is 20.5. The smallest absolute Gasteiger partial charge is 0.264 e. The molecular formula is C28H28ClN3O3S. The van der Waals surface area contributed by atoms with Crippen molar-refractivity contribution >= 4 is 51.9 Å². The summed E-state index contributed by atoms with van der Waals surface area (Å²) in [6.45, 7) is 6.55. The fourth-order valence-corrected chi connectivity index (χ4v) is 4.68. The Kier molecular flexibility index (Phi) is 8.57. The molecule has 6 nitrogen and oxygen atoms in total. The van der Waals surface area contributed by atoms with Gasteiger partial charge in [-0.2, -0.15) is 0 Å². The van der Waals surface area contributed by atoms with E-state index in [2.05, 4.69) is 29.1 Å².